The molecule has 0 aliphatic rings. The number of H-pyrrole nitrogens is 1. The molecule has 0 fully saturated rings. The van der Waals surface area contributed by atoms with Crippen molar-refractivity contribution >= 4 is 22.7 Å². The molecule has 0 bridgehead atoms. The zero-order chi connectivity index (χ0) is 19.2. The standard InChI is InChI=1S/C22H23NO4/c1-3-16-5-4-6-18-19(13-23-22(16)18)20(24)14-27-21(25)12-9-15-7-10-17(26-2)11-8-15/h4-8,10-11,13,23H,3,9,12,14H2,1-2H3. The minimum Gasteiger partial charge on any atom is -0.497 e. The van der Waals surface area contributed by atoms with E-state index in [1.807, 2.05) is 42.5 Å². The van der Waals surface area contributed by atoms with Crippen LogP contribution in [-0.2, 0) is 22.4 Å². The molecule has 3 aromatic rings. The predicted molar refractivity (Wildman–Crippen MR) is 104 cm³/mol. The number of para-hydroxylation sites is 1. The third-order valence-corrected chi connectivity index (χ3v) is 4.62. The number of aromatic nitrogens is 1. The van der Waals surface area contributed by atoms with Crippen molar-refractivity contribution in [2.45, 2.75) is 26.2 Å². The lowest BCUT2D eigenvalue weighted by atomic mass is 10.1. The van der Waals surface area contributed by atoms with Crippen LogP contribution in [0.25, 0.3) is 10.9 Å². The smallest absolute Gasteiger partial charge is 0.306 e. The molecular formula is C22H23NO4. The maximum atomic E-state index is 12.5. The first-order valence-electron chi connectivity index (χ1n) is 9.03. The number of nitrogens with one attached hydrogen (secondary N) is 1. The molecule has 0 amide bonds. The van der Waals surface area contributed by atoms with E-state index in [4.69, 9.17) is 9.47 Å². The van der Waals surface area contributed by atoms with Crippen LogP contribution in [0.2, 0.25) is 0 Å². The van der Waals surface area contributed by atoms with Gasteiger partial charge in [0, 0.05) is 29.1 Å². The van der Waals surface area contributed by atoms with Crippen molar-refractivity contribution < 1.29 is 19.1 Å². The zero-order valence-electron chi connectivity index (χ0n) is 15.6. The zero-order valence-corrected chi connectivity index (χ0v) is 15.6. The quantitative estimate of drug-likeness (QED) is 0.482. The van der Waals surface area contributed by atoms with Gasteiger partial charge in [-0.05, 0) is 36.1 Å². The number of methoxy groups -OCH3 is 1. The Morgan fingerprint density at radius 3 is 2.56 bits per heavy atom. The van der Waals surface area contributed by atoms with Gasteiger partial charge < -0.3 is 14.5 Å². The average Bonchev–Trinajstić information content (AvgIpc) is 3.15. The molecule has 0 saturated carbocycles. The number of Topliss-reactive ketones (excluding diaryl/α,β-unsaturated/α-hetero) is 1. The number of carbonyl (C=O) groups excluding carboxylic acids is 2. The Kier molecular flexibility index (Phi) is 5.91. The molecule has 5 nitrogen and oxygen atoms in total. The molecule has 5 heteroatoms. The van der Waals surface area contributed by atoms with E-state index < -0.39 is 0 Å². The Balaban J connectivity index is 1.55. The number of hydrogen-bond donors (Lipinski definition) is 1. The van der Waals surface area contributed by atoms with Gasteiger partial charge in [-0.1, -0.05) is 37.3 Å². The van der Waals surface area contributed by atoms with Crippen LogP contribution >= 0.6 is 0 Å². The molecule has 27 heavy (non-hydrogen) atoms. The molecule has 1 N–H and O–H groups in total. The second-order valence-corrected chi connectivity index (χ2v) is 6.33. The van der Waals surface area contributed by atoms with E-state index in [2.05, 4.69) is 11.9 Å². The van der Waals surface area contributed by atoms with Gasteiger partial charge in [0.25, 0.3) is 0 Å². The number of benzene rings is 2. The van der Waals surface area contributed by atoms with Gasteiger partial charge >= 0.3 is 5.97 Å². The summed E-state index contributed by atoms with van der Waals surface area (Å²) < 4.78 is 10.3. The van der Waals surface area contributed by atoms with Gasteiger partial charge in [0.2, 0.25) is 5.78 Å². The van der Waals surface area contributed by atoms with Crippen LogP contribution in [0, 0.1) is 0 Å². The van der Waals surface area contributed by atoms with Gasteiger partial charge in [-0.2, -0.15) is 0 Å². The Bertz CT molecular complexity index is 941. The van der Waals surface area contributed by atoms with Crippen molar-refractivity contribution in [2.24, 2.45) is 0 Å². The number of aryl methyl sites for hydroxylation is 2. The Hall–Kier alpha value is -3.08. The highest BCUT2D eigenvalue weighted by molar-refractivity contribution is 6.09. The van der Waals surface area contributed by atoms with Crippen LogP contribution in [0.15, 0.2) is 48.7 Å². The van der Waals surface area contributed by atoms with Crippen LogP contribution in [0.4, 0.5) is 0 Å². The lowest BCUT2D eigenvalue weighted by molar-refractivity contribution is -0.142. The Morgan fingerprint density at radius 1 is 1.07 bits per heavy atom. The van der Waals surface area contributed by atoms with E-state index in [-0.39, 0.29) is 24.8 Å². The minimum atomic E-state index is -0.381. The van der Waals surface area contributed by atoms with E-state index >= 15 is 0 Å². The summed E-state index contributed by atoms with van der Waals surface area (Å²) in [6.07, 6.45) is 3.36. The Labute approximate surface area is 158 Å². The third-order valence-electron chi connectivity index (χ3n) is 4.62. The van der Waals surface area contributed by atoms with Crippen LogP contribution in [0.5, 0.6) is 5.75 Å². The van der Waals surface area contributed by atoms with Crippen LogP contribution in [0.3, 0.4) is 0 Å². The lowest BCUT2D eigenvalue weighted by Gasteiger charge is -2.05. The molecular weight excluding hydrogens is 342 g/mol. The van der Waals surface area contributed by atoms with E-state index in [0.29, 0.717) is 12.0 Å². The van der Waals surface area contributed by atoms with Crippen LogP contribution < -0.4 is 4.74 Å². The molecule has 0 aliphatic heterocycles. The fraction of sp³-hybridized carbons (Fsp3) is 0.273. The van der Waals surface area contributed by atoms with Gasteiger partial charge in [-0.15, -0.1) is 0 Å². The summed E-state index contributed by atoms with van der Waals surface area (Å²) in [5, 5.41) is 0.869. The molecule has 0 saturated heterocycles. The molecule has 0 unspecified atom stereocenters. The summed E-state index contributed by atoms with van der Waals surface area (Å²) in [5.41, 5.74) is 3.70. The normalized spacial score (nSPS) is 10.7. The molecule has 1 aromatic heterocycles. The summed E-state index contributed by atoms with van der Waals surface area (Å²) in [5.74, 6) is 0.192. The van der Waals surface area contributed by atoms with Crippen molar-refractivity contribution in [3.63, 3.8) is 0 Å². The van der Waals surface area contributed by atoms with Gasteiger partial charge in [0.05, 0.1) is 7.11 Å². The van der Waals surface area contributed by atoms with Gasteiger partial charge in [-0.3, -0.25) is 9.59 Å². The summed E-state index contributed by atoms with van der Waals surface area (Å²) in [4.78, 5) is 27.6. The first-order chi connectivity index (χ1) is 13.1. The topological polar surface area (TPSA) is 68.4 Å². The second kappa shape index (κ2) is 8.54. The van der Waals surface area contributed by atoms with Gasteiger partial charge in [0.1, 0.15) is 5.75 Å². The fourth-order valence-corrected chi connectivity index (χ4v) is 3.08. The number of esters is 1. The number of ether oxygens (including phenoxy) is 2. The highest BCUT2D eigenvalue weighted by Crippen LogP contribution is 2.22. The van der Waals surface area contributed by atoms with Crippen LogP contribution in [0.1, 0.15) is 34.8 Å². The number of carbonyl (C=O) groups is 2. The minimum absolute atomic E-state index is 0.202. The van der Waals surface area contributed by atoms with Crippen molar-refractivity contribution in [3.8, 4) is 5.75 Å². The molecule has 0 atom stereocenters. The summed E-state index contributed by atoms with van der Waals surface area (Å²) in [6.45, 7) is 1.83. The monoisotopic (exact) mass is 365 g/mol. The first-order valence-corrected chi connectivity index (χ1v) is 9.03. The average molecular weight is 365 g/mol. The van der Waals surface area contributed by atoms with E-state index in [1.165, 1.54) is 0 Å². The second-order valence-electron chi connectivity index (χ2n) is 6.33. The number of rotatable bonds is 8. The van der Waals surface area contributed by atoms with Gasteiger partial charge in [-0.25, -0.2) is 0 Å². The van der Waals surface area contributed by atoms with Crippen molar-refractivity contribution in [1.82, 2.24) is 4.98 Å². The number of fused-ring (bicyclic) bond motifs is 1. The maximum Gasteiger partial charge on any atom is 0.306 e. The molecule has 3 rings (SSSR count). The molecule has 140 valence electrons. The van der Waals surface area contributed by atoms with Crippen molar-refractivity contribution in [2.75, 3.05) is 13.7 Å². The SMILES string of the molecule is CCc1cccc2c(C(=O)COC(=O)CCc3ccc(OC)cc3)c[nH]c12. The number of hydrogen-bond acceptors (Lipinski definition) is 4. The molecule has 1 heterocycles. The summed E-state index contributed by atoms with van der Waals surface area (Å²) in [6, 6.07) is 13.4. The highest BCUT2D eigenvalue weighted by Gasteiger charge is 2.15. The molecule has 0 radical (unpaired) electrons. The van der Waals surface area contributed by atoms with E-state index in [0.717, 1.165) is 34.2 Å². The van der Waals surface area contributed by atoms with Crippen LogP contribution in [-0.4, -0.2) is 30.5 Å². The largest absolute Gasteiger partial charge is 0.497 e. The van der Waals surface area contributed by atoms with Gasteiger partial charge in [0.15, 0.2) is 6.61 Å². The predicted octanol–water partition coefficient (Wildman–Crippen LogP) is 4.10. The fourth-order valence-electron chi connectivity index (χ4n) is 3.08. The first kappa shape index (κ1) is 18.7. The summed E-state index contributed by atoms with van der Waals surface area (Å²) >= 11 is 0. The van der Waals surface area contributed by atoms with E-state index in [9.17, 15) is 9.59 Å². The van der Waals surface area contributed by atoms with Crippen molar-refractivity contribution in [3.05, 3.63) is 65.4 Å². The Morgan fingerprint density at radius 2 is 1.85 bits per heavy atom. The molecule has 0 aliphatic carbocycles. The maximum absolute atomic E-state index is 12.5. The molecule has 0 spiro atoms. The lowest BCUT2D eigenvalue weighted by Crippen LogP contribution is -2.14. The third kappa shape index (κ3) is 4.37. The molecule has 2 aromatic carbocycles. The number of ketones is 1. The highest BCUT2D eigenvalue weighted by atomic mass is 16.5. The van der Waals surface area contributed by atoms with E-state index in [1.54, 1.807) is 13.3 Å². The number of aromatic amines is 1. The van der Waals surface area contributed by atoms with Crippen molar-refractivity contribution in [1.29, 1.82) is 0 Å². The summed E-state index contributed by atoms with van der Waals surface area (Å²) in [7, 11) is 1.61.